The van der Waals surface area contributed by atoms with E-state index < -0.39 is 0 Å². The molecule has 182 valence electrons. The molecule has 1 nitrogen and oxygen atoms in total. The van der Waals surface area contributed by atoms with Crippen molar-refractivity contribution >= 4 is 5.69 Å². The third-order valence-corrected chi connectivity index (χ3v) is 5.54. The minimum atomic E-state index is 0.148. The van der Waals surface area contributed by atoms with E-state index in [0.29, 0.717) is 0 Å². The monoisotopic (exact) mass is 463 g/mol. The van der Waals surface area contributed by atoms with Crippen LogP contribution in [0.25, 0.3) is 22.3 Å². The van der Waals surface area contributed by atoms with Gasteiger partial charge in [0.1, 0.15) is 0 Å². The highest BCUT2D eigenvalue weighted by Crippen LogP contribution is 2.29. The molecule has 3 aromatic rings. The molecular weight excluding hydrogens is 422 g/mol. The first-order chi connectivity index (χ1) is 16.8. The van der Waals surface area contributed by atoms with Crippen LogP contribution in [0.5, 0.6) is 0 Å². The number of rotatable bonds is 7. The zero-order chi connectivity index (χ0) is 25.7. The van der Waals surface area contributed by atoms with E-state index in [4.69, 9.17) is 0 Å². The topological polar surface area (TPSA) is 12.0 Å². The Balaban J connectivity index is 0.000000784. The first-order valence-electron chi connectivity index (χ1n) is 12.4. The van der Waals surface area contributed by atoms with Gasteiger partial charge >= 0.3 is 0 Å². The summed E-state index contributed by atoms with van der Waals surface area (Å²) in [6, 6.07) is 27.9. The normalized spacial score (nSPS) is 12.2. The van der Waals surface area contributed by atoms with Crippen LogP contribution in [0.3, 0.4) is 0 Å². The molecule has 0 atom stereocenters. The molecule has 35 heavy (non-hydrogen) atoms. The van der Waals surface area contributed by atoms with E-state index in [2.05, 4.69) is 131 Å². The van der Waals surface area contributed by atoms with Crippen LogP contribution in [0.4, 0.5) is 5.69 Å². The largest absolute Gasteiger partial charge is 0.359 e. The molecule has 0 saturated heterocycles. The molecule has 0 fully saturated rings. The van der Waals surface area contributed by atoms with Gasteiger partial charge in [-0.3, -0.25) is 0 Å². The Morgan fingerprint density at radius 3 is 1.69 bits per heavy atom. The molecule has 0 unspecified atom stereocenters. The molecule has 0 aliphatic carbocycles. The maximum absolute atomic E-state index is 3.53. The van der Waals surface area contributed by atoms with E-state index >= 15 is 0 Å². The van der Waals surface area contributed by atoms with Gasteiger partial charge in [0.25, 0.3) is 0 Å². The van der Waals surface area contributed by atoms with Crippen molar-refractivity contribution < 1.29 is 0 Å². The van der Waals surface area contributed by atoms with Gasteiger partial charge in [-0.25, -0.2) is 0 Å². The van der Waals surface area contributed by atoms with Gasteiger partial charge in [0.2, 0.25) is 0 Å². The molecule has 0 spiro atoms. The summed E-state index contributed by atoms with van der Waals surface area (Å²) >= 11 is 0. The Morgan fingerprint density at radius 2 is 1.29 bits per heavy atom. The molecule has 1 N–H and O–H groups in total. The summed E-state index contributed by atoms with van der Waals surface area (Å²) in [4.78, 5) is 0. The minimum absolute atomic E-state index is 0.148. The molecule has 0 saturated carbocycles. The number of hydrogen-bond donors (Lipinski definition) is 1. The van der Waals surface area contributed by atoms with Crippen molar-refractivity contribution in [1.82, 2.24) is 0 Å². The SMILES string of the molecule is C=C/C=C\C.CC/C=C(\C=C(/C)Nc1ccc(-c2ccc(-c3ccccc3)cc2)cc1)C(C)(C)C. The third-order valence-electron chi connectivity index (χ3n) is 5.54. The van der Waals surface area contributed by atoms with Gasteiger partial charge in [-0.15, -0.1) is 0 Å². The average molecular weight is 464 g/mol. The van der Waals surface area contributed by atoms with Crippen LogP contribution in [-0.2, 0) is 0 Å². The van der Waals surface area contributed by atoms with Crippen molar-refractivity contribution in [3.63, 3.8) is 0 Å². The average Bonchev–Trinajstić information content (AvgIpc) is 2.85. The standard InChI is InChI=1S/C29H33N.C5H8/c1-6-10-27(29(3,4)5)21-22(2)30-28-19-17-26(18-20-28)25-15-13-24(14-16-25)23-11-8-7-9-12-23;1-3-5-4-2/h7-21,30H,6H2,1-5H3;3-5H,1H2,2H3/b22-21+,27-10+;5-4-. The van der Waals surface area contributed by atoms with Crippen molar-refractivity contribution in [1.29, 1.82) is 0 Å². The Morgan fingerprint density at radius 1 is 0.800 bits per heavy atom. The van der Waals surface area contributed by atoms with Gasteiger partial charge in [0.15, 0.2) is 0 Å². The van der Waals surface area contributed by atoms with E-state index in [9.17, 15) is 0 Å². The van der Waals surface area contributed by atoms with Crippen molar-refractivity contribution in [3.8, 4) is 22.3 Å². The number of nitrogens with one attached hydrogen (secondary N) is 1. The lowest BCUT2D eigenvalue weighted by molar-refractivity contribution is 0.514. The van der Waals surface area contributed by atoms with Crippen LogP contribution < -0.4 is 5.32 Å². The highest BCUT2D eigenvalue weighted by Gasteiger charge is 2.14. The number of allylic oxidation sites excluding steroid dienone is 7. The number of hydrogen-bond acceptors (Lipinski definition) is 1. The summed E-state index contributed by atoms with van der Waals surface area (Å²) in [7, 11) is 0. The second kappa shape index (κ2) is 14.0. The Bertz CT molecular complexity index is 1120. The van der Waals surface area contributed by atoms with Crippen molar-refractivity contribution in [3.05, 3.63) is 127 Å². The zero-order valence-corrected chi connectivity index (χ0v) is 22.3. The van der Waals surface area contributed by atoms with Crippen LogP contribution in [0.15, 0.2) is 127 Å². The van der Waals surface area contributed by atoms with Gasteiger partial charge in [-0.1, -0.05) is 125 Å². The number of benzene rings is 3. The van der Waals surface area contributed by atoms with E-state index in [0.717, 1.165) is 17.8 Å². The maximum atomic E-state index is 3.53. The molecule has 0 bridgehead atoms. The Hall–Kier alpha value is -3.58. The minimum Gasteiger partial charge on any atom is -0.359 e. The highest BCUT2D eigenvalue weighted by molar-refractivity contribution is 5.71. The van der Waals surface area contributed by atoms with E-state index in [1.165, 1.54) is 27.8 Å². The molecule has 0 aliphatic rings. The molecule has 0 amide bonds. The summed E-state index contributed by atoms with van der Waals surface area (Å²) in [5, 5.41) is 3.53. The fraction of sp³-hybridized carbons (Fsp3) is 0.235. The van der Waals surface area contributed by atoms with Gasteiger partial charge in [0.05, 0.1) is 0 Å². The maximum Gasteiger partial charge on any atom is 0.0382 e. The van der Waals surface area contributed by atoms with Crippen LogP contribution in [0.2, 0.25) is 0 Å². The molecule has 0 radical (unpaired) electrons. The van der Waals surface area contributed by atoms with Gasteiger partial charge < -0.3 is 5.32 Å². The van der Waals surface area contributed by atoms with Crippen LogP contribution in [0.1, 0.15) is 48.0 Å². The highest BCUT2D eigenvalue weighted by atomic mass is 14.9. The molecular formula is C34H41N. The fourth-order valence-corrected chi connectivity index (χ4v) is 3.67. The van der Waals surface area contributed by atoms with Crippen molar-refractivity contribution in [2.45, 2.75) is 48.0 Å². The molecule has 0 heterocycles. The first kappa shape index (κ1) is 27.7. The van der Waals surface area contributed by atoms with Crippen LogP contribution >= 0.6 is 0 Å². The Labute approximate surface area is 213 Å². The number of anilines is 1. The second-order valence-electron chi connectivity index (χ2n) is 9.55. The predicted octanol–water partition coefficient (Wildman–Crippen LogP) is 10.5. The molecule has 0 aliphatic heterocycles. The summed E-state index contributed by atoms with van der Waals surface area (Å²) < 4.78 is 0. The van der Waals surface area contributed by atoms with Gasteiger partial charge in [0, 0.05) is 11.4 Å². The summed E-state index contributed by atoms with van der Waals surface area (Å²) in [5.74, 6) is 0. The van der Waals surface area contributed by atoms with Crippen molar-refractivity contribution in [2.75, 3.05) is 5.32 Å². The smallest absolute Gasteiger partial charge is 0.0382 e. The van der Waals surface area contributed by atoms with E-state index in [-0.39, 0.29) is 5.41 Å². The van der Waals surface area contributed by atoms with E-state index in [1.54, 1.807) is 6.08 Å². The molecule has 1 heteroatoms. The summed E-state index contributed by atoms with van der Waals surface area (Å²) in [6.07, 6.45) is 11.2. The quantitative estimate of drug-likeness (QED) is 0.344. The van der Waals surface area contributed by atoms with Gasteiger partial charge in [-0.05, 0) is 71.7 Å². The van der Waals surface area contributed by atoms with Crippen LogP contribution in [-0.4, -0.2) is 0 Å². The predicted molar refractivity (Wildman–Crippen MR) is 158 cm³/mol. The van der Waals surface area contributed by atoms with Gasteiger partial charge in [-0.2, -0.15) is 0 Å². The lowest BCUT2D eigenvalue weighted by atomic mass is 9.85. The fourth-order valence-electron chi connectivity index (χ4n) is 3.67. The zero-order valence-electron chi connectivity index (χ0n) is 22.3. The lowest BCUT2D eigenvalue weighted by Crippen LogP contribution is -2.09. The lowest BCUT2D eigenvalue weighted by Gasteiger charge is -2.21. The van der Waals surface area contributed by atoms with E-state index in [1.807, 2.05) is 25.1 Å². The second-order valence-corrected chi connectivity index (χ2v) is 9.55. The molecule has 0 aromatic heterocycles. The third kappa shape index (κ3) is 9.29. The first-order valence-corrected chi connectivity index (χ1v) is 12.4. The molecule has 3 rings (SSSR count). The summed E-state index contributed by atoms with van der Waals surface area (Å²) in [6.45, 7) is 16.5. The van der Waals surface area contributed by atoms with Crippen molar-refractivity contribution in [2.24, 2.45) is 5.41 Å². The van der Waals surface area contributed by atoms with Crippen LogP contribution in [0, 0.1) is 5.41 Å². The molecule has 3 aromatic carbocycles. The Kier molecular flexibility index (Phi) is 11.0. The summed E-state index contributed by atoms with van der Waals surface area (Å²) in [5.41, 5.74) is 8.73.